The Hall–Kier alpha value is -2.66. The maximum atomic E-state index is 13.0. The Labute approximate surface area is 143 Å². The highest BCUT2D eigenvalue weighted by molar-refractivity contribution is 7.17. The number of rotatable bonds is 2. The molecule has 0 aliphatic carbocycles. The van der Waals surface area contributed by atoms with E-state index in [1.807, 2.05) is 53.9 Å². The summed E-state index contributed by atoms with van der Waals surface area (Å²) in [5.74, 6) is -0.615. The van der Waals surface area contributed by atoms with E-state index in [1.165, 1.54) is 0 Å². The number of thiophene rings is 1. The summed E-state index contributed by atoms with van der Waals surface area (Å²) >= 11 is 1.64. The maximum absolute atomic E-state index is 13.0. The molecule has 1 aromatic heterocycles. The molecule has 0 saturated carbocycles. The summed E-state index contributed by atoms with van der Waals surface area (Å²) in [6.45, 7) is 0.407. The fourth-order valence-corrected chi connectivity index (χ4v) is 4.03. The Morgan fingerprint density at radius 3 is 2.67 bits per heavy atom. The number of primary amides is 1. The van der Waals surface area contributed by atoms with Crippen LogP contribution in [-0.4, -0.2) is 22.8 Å². The highest BCUT2D eigenvalue weighted by Gasteiger charge is 2.33. The third-order valence-electron chi connectivity index (χ3n) is 4.54. The molecule has 1 unspecified atom stereocenters. The van der Waals surface area contributed by atoms with Crippen LogP contribution < -0.4 is 5.73 Å². The zero-order valence-electron chi connectivity index (χ0n) is 12.9. The predicted molar refractivity (Wildman–Crippen MR) is 94.8 cm³/mol. The number of carbonyl (C=O) groups excluding carboxylic acids is 2. The van der Waals surface area contributed by atoms with Crippen molar-refractivity contribution in [3.05, 3.63) is 70.6 Å². The van der Waals surface area contributed by atoms with Crippen LogP contribution in [0.15, 0.2) is 53.9 Å². The van der Waals surface area contributed by atoms with Crippen LogP contribution in [0.25, 0.3) is 10.1 Å². The summed E-state index contributed by atoms with van der Waals surface area (Å²) < 4.78 is 1.14. The molecule has 2 N–H and O–H groups in total. The molecule has 0 saturated heterocycles. The van der Waals surface area contributed by atoms with E-state index >= 15 is 0 Å². The van der Waals surface area contributed by atoms with E-state index < -0.39 is 11.9 Å². The van der Waals surface area contributed by atoms with Crippen LogP contribution in [0.3, 0.4) is 0 Å². The van der Waals surface area contributed by atoms with Gasteiger partial charge in [-0.25, -0.2) is 0 Å². The van der Waals surface area contributed by atoms with Gasteiger partial charge in [0, 0.05) is 23.2 Å². The predicted octanol–water partition coefficient (Wildman–Crippen LogP) is 2.95. The molecule has 120 valence electrons. The van der Waals surface area contributed by atoms with Gasteiger partial charge in [-0.3, -0.25) is 9.59 Å². The van der Waals surface area contributed by atoms with Crippen LogP contribution in [0, 0.1) is 0 Å². The number of nitrogens with two attached hydrogens (primary N) is 1. The number of carbonyl (C=O) groups is 2. The molecule has 3 aromatic rings. The number of nitrogens with zero attached hydrogens (tertiary/aromatic N) is 1. The number of hydrogen-bond donors (Lipinski definition) is 1. The maximum Gasteiger partial charge on any atom is 0.254 e. The van der Waals surface area contributed by atoms with E-state index in [0.29, 0.717) is 18.5 Å². The van der Waals surface area contributed by atoms with E-state index in [2.05, 4.69) is 0 Å². The summed E-state index contributed by atoms with van der Waals surface area (Å²) in [4.78, 5) is 26.5. The van der Waals surface area contributed by atoms with Gasteiger partial charge in [-0.1, -0.05) is 24.3 Å². The number of hydrogen-bond acceptors (Lipinski definition) is 3. The zero-order chi connectivity index (χ0) is 16.7. The fourth-order valence-electron chi connectivity index (χ4n) is 3.26. The lowest BCUT2D eigenvalue weighted by Crippen LogP contribution is -2.51. The molecule has 2 heterocycles. The van der Waals surface area contributed by atoms with Gasteiger partial charge in [-0.2, -0.15) is 0 Å². The molecule has 5 heteroatoms. The minimum atomic E-state index is -0.606. The Morgan fingerprint density at radius 2 is 1.88 bits per heavy atom. The van der Waals surface area contributed by atoms with Crippen molar-refractivity contribution in [1.82, 2.24) is 4.90 Å². The van der Waals surface area contributed by atoms with Crippen molar-refractivity contribution >= 4 is 33.2 Å². The first-order valence-electron chi connectivity index (χ1n) is 7.78. The average Bonchev–Trinajstić information content (AvgIpc) is 3.07. The average molecular weight is 336 g/mol. The quantitative estimate of drug-likeness (QED) is 0.782. The molecule has 4 rings (SSSR count). The molecule has 24 heavy (non-hydrogen) atoms. The fraction of sp³-hybridized carbons (Fsp3) is 0.158. The topological polar surface area (TPSA) is 63.4 Å². The van der Waals surface area contributed by atoms with Crippen LogP contribution in [-0.2, 0) is 17.8 Å². The summed E-state index contributed by atoms with van der Waals surface area (Å²) in [5, 5.41) is 3.04. The SMILES string of the molecule is NC(=O)C1Cc2ccccc2CN1C(=O)c1ccc2sccc2c1. The van der Waals surface area contributed by atoms with Crippen molar-refractivity contribution in [2.45, 2.75) is 19.0 Å². The molecule has 0 fully saturated rings. The van der Waals surface area contributed by atoms with E-state index in [-0.39, 0.29) is 5.91 Å². The van der Waals surface area contributed by atoms with Crippen molar-refractivity contribution in [3.8, 4) is 0 Å². The van der Waals surface area contributed by atoms with Crippen molar-refractivity contribution < 1.29 is 9.59 Å². The van der Waals surface area contributed by atoms with Gasteiger partial charge < -0.3 is 10.6 Å². The second-order valence-corrected chi connectivity index (χ2v) is 6.94. The molecule has 2 amide bonds. The third kappa shape index (κ3) is 2.47. The normalized spacial score (nSPS) is 16.8. The van der Waals surface area contributed by atoms with E-state index in [1.54, 1.807) is 16.2 Å². The summed E-state index contributed by atoms with van der Waals surface area (Å²) in [6.07, 6.45) is 0.470. The van der Waals surface area contributed by atoms with Gasteiger partial charge in [-0.05, 0) is 46.2 Å². The van der Waals surface area contributed by atoms with Crippen molar-refractivity contribution in [2.24, 2.45) is 5.73 Å². The largest absolute Gasteiger partial charge is 0.368 e. The Morgan fingerprint density at radius 1 is 1.08 bits per heavy atom. The van der Waals surface area contributed by atoms with E-state index in [4.69, 9.17) is 5.73 Å². The van der Waals surface area contributed by atoms with Gasteiger partial charge in [0.15, 0.2) is 0 Å². The standard InChI is InChI=1S/C19H16N2O2S/c20-18(22)16-10-12-3-1-2-4-15(12)11-21(16)19(23)14-5-6-17-13(9-14)7-8-24-17/h1-9,16H,10-11H2,(H2,20,22). The lowest BCUT2D eigenvalue weighted by Gasteiger charge is -2.35. The second kappa shape index (κ2) is 5.76. The Bertz CT molecular complexity index is 947. The van der Waals surface area contributed by atoms with Crippen molar-refractivity contribution in [3.63, 3.8) is 0 Å². The minimum Gasteiger partial charge on any atom is -0.368 e. The number of amides is 2. The van der Waals surface area contributed by atoms with Gasteiger partial charge >= 0.3 is 0 Å². The molecule has 0 radical (unpaired) electrons. The third-order valence-corrected chi connectivity index (χ3v) is 5.44. The second-order valence-electron chi connectivity index (χ2n) is 6.00. The first kappa shape index (κ1) is 14.9. The summed E-state index contributed by atoms with van der Waals surface area (Å²) in [7, 11) is 0. The minimum absolute atomic E-state index is 0.151. The Balaban J connectivity index is 1.72. The van der Waals surface area contributed by atoms with E-state index in [9.17, 15) is 9.59 Å². The number of fused-ring (bicyclic) bond motifs is 2. The van der Waals surface area contributed by atoms with Crippen molar-refractivity contribution in [1.29, 1.82) is 0 Å². The monoisotopic (exact) mass is 336 g/mol. The summed E-state index contributed by atoms with van der Waals surface area (Å²) in [6, 6.07) is 14.9. The molecule has 1 aliphatic rings. The van der Waals surface area contributed by atoms with Crippen LogP contribution in [0.2, 0.25) is 0 Å². The highest BCUT2D eigenvalue weighted by Crippen LogP contribution is 2.27. The van der Waals surface area contributed by atoms with Gasteiger partial charge in [-0.15, -0.1) is 11.3 Å². The van der Waals surface area contributed by atoms with Gasteiger partial charge in [0.2, 0.25) is 5.91 Å². The first-order valence-corrected chi connectivity index (χ1v) is 8.66. The van der Waals surface area contributed by atoms with Crippen LogP contribution in [0.5, 0.6) is 0 Å². The highest BCUT2D eigenvalue weighted by atomic mass is 32.1. The molecule has 1 atom stereocenters. The van der Waals surface area contributed by atoms with E-state index in [0.717, 1.165) is 21.2 Å². The first-order chi connectivity index (χ1) is 11.6. The molecular weight excluding hydrogens is 320 g/mol. The lowest BCUT2D eigenvalue weighted by atomic mass is 9.93. The smallest absolute Gasteiger partial charge is 0.254 e. The molecule has 4 nitrogen and oxygen atoms in total. The van der Waals surface area contributed by atoms with Crippen LogP contribution >= 0.6 is 11.3 Å². The van der Waals surface area contributed by atoms with Crippen LogP contribution in [0.4, 0.5) is 0 Å². The number of benzene rings is 2. The molecule has 2 aromatic carbocycles. The lowest BCUT2D eigenvalue weighted by molar-refractivity contribution is -0.122. The molecule has 0 spiro atoms. The van der Waals surface area contributed by atoms with Gasteiger partial charge in [0.05, 0.1) is 0 Å². The molecule has 1 aliphatic heterocycles. The van der Waals surface area contributed by atoms with Gasteiger partial charge in [0.25, 0.3) is 5.91 Å². The molecule has 0 bridgehead atoms. The summed E-state index contributed by atoms with van der Waals surface area (Å²) in [5.41, 5.74) is 8.31. The van der Waals surface area contributed by atoms with Crippen LogP contribution in [0.1, 0.15) is 21.5 Å². The van der Waals surface area contributed by atoms with Gasteiger partial charge in [0.1, 0.15) is 6.04 Å². The molecular formula is C19H16N2O2S. The van der Waals surface area contributed by atoms with Crippen molar-refractivity contribution in [2.75, 3.05) is 0 Å². The Kier molecular flexibility index (Phi) is 3.58. The zero-order valence-corrected chi connectivity index (χ0v) is 13.8.